The lowest BCUT2D eigenvalue weighted by atomic mass is 9.93. The van der Waals surface area contributed by atoms with Crippen LogP contribution in [0.2, 0.25) is 0 Å². The number of rotatable bonds is 7. The van der Waals surface area contributed by atoms with Gasteiger partial charge in [0.15, 0.2) is 11.5 Å². The summed E-state index contributed by atoms with van der Waals surface area (Å²) in [7, 11) is 0. The average molecular weight is 467 g/mol. The number of aliphatic hydroxyl groups is 1. The zero-order chi connectivity index (χ0) is 20.8. The molecule has 0 saturated carbocycles. The van der Waals surface area contributed by atoms with Crippen LogP contribution in [0.25, 0.3) is 0 Å². The van der Waals surface area contributed by atoms with E-state index in [0.29, 0.717) is 59.9 Å². The fraction of sp³-hybridized carbons (Fsp3) is 0.600. The van der Waals surface area contributed by atoms with Crippen molar-refractivity contribution in [2.24, 2.45) is 5.92 Å². The van der Waals surface area contributed by atoms with E-state index < -0.39 is 6.10 Å². The number of nitrogen functional groups attached to an aromatic ring is 1. The van der Waals surface area contributed by atoms with Gasteiger partial charge in [-0.3, -0.25) is 4.79 Å². The quantitative estimate of drug-likeness (QED) is 0.414. The largest absolute Gasteiger partial charge is 0.485 e. The Morgan fingerprint density at radius 1 is 1.38 bits per heavy atom. The summed E-state index contributed by atoms with van der Waals surface area (Å²) in [6.07, 6.45) is 2.72. The van der Waals surface area contributed by atoms with Gasteiger partial charge >= 0.3 is 0 Å². The molecular formula is C20H27BrN4O4. The third-order valence-corrected chi connectivity index (χ3v) is 6.19. The van der Waals surface area contributed by atoms with E-state index in [4.69, 9.17) is 20.5 Å². The van der Waals surface area contributed by atoms with Crippen molar-refractivity contribution in [2.45, 2.75) is 31.8 Å². The van der Waals surface area contributed by atoms with E-state index in [0.717, 1.165) is 32.4 Å². The minimum atomic E-state index is -0.497. The second-order valence-corrected chi connectivity index (χ2v) is 8.22. The van der Waals surface area contributed by atoms with E-state index in [1.54, 1.807) is 6.07 Å². The first-order valence-electron chi connectivity index (χ1n) is 9.94. The van der Waals surface area contributed by atoms with Crippen molar-refractivity contribution in [2.75, 3.05) is 45.1 Å². The van der Waals surface area contributed by atoms with Crippen LogP contribution < -0.4 is 20.5 Å². The molecule has 29 heavy (non-hydrogen) atoms. The number of likely N-dealkylation sites (tertiary alicyclic amines) is 1. The number of piperidine rings is 1. The third-order valence-electron chi connectivity index (χ3n) is 5.37. The number of β-amino-alcohol motifs (C(OH)–C–C–N with tert-alkyl or cyclic N) is 1. The number of anilines is 1. The monoisotopic (exact) mass is 466 g/mol. The van der Waals surface area contributed by atoms with Gasteiger partial charge in [-0.2, -0.15) is 5.26 Å². The van der Waals surface area contributed by atoms with Crippen molar-refractivity contribution in [3.8, 4) is 17.6 Å². The number of hydrogen-bond acceptors (Lipinski definition) is 7. The Hall–Kier alpha value is -2.02. The molecular weight excluding hydrogens is 440 g/mol. The molecule has 1 unspecified atom stereocenters. The fourth-order valence-corrected chi connectivity index (χ4v) is 4.12. The van der Waals surface area contributed by atoms with Gasteiger partial charge in [0.05, 0.1) is 27.9 Å². The van der Waals surface area contributed by atoms with Crippen molar-refractivity contribution < 1.29 is 19.4 Å². The van der Waals surface area contributed by atoms with Crippen molar-refractivity contribution in [1.82, 2.24) is 10.2 Å². The minimum absolute atomic E-state index is 0.00454. The summed E-state index contributed by atoms with van der Waals surface area (Å²) in [5, 5.41) is 22.0. The second-order valence-electron chi connectivity index (χ2n) is 7.42. The average Bonchev–Trinajstić information content (AvgIpc) is 2.73. The van der Waals surface area contributed by atoms with E-state index in [1.807, 2.05) is 0 Å². The zero-order valence-corrected chi connectivity index (χ0v) is 17.9. The van der Waals surface area contributed by atoms with Gasteiger partial charge in [0.25, 0.3) is 5.91 Å². The SMILES string of the molecule is N#CCCCCN1CC[C@@H](CNC(=O)c2cc(N)c(Br)c3c2OCCO3)C(O)C1. The normalized spacial score (nSPS) is 21.4. The predicted octanol–water partition coefficient (Wildman–Crippen LogP) is 1.91. The molecule has 2 atom stereocenters. The highest BCUT2D eigenvalue weighted by Gasteiger charge is 2.29. The molecule has 1 amide bonds. The molecule has 8 nitrogen and oxygen atoms in total. The van der Waals surface area contributed by atoms with Crippen LogP contribution in [0, 0.1) is 17.2 Å². The number of nitrogens with one attached hydrogen (secondary N) is 1. The summed E-state index contributed by atoms with van der Waals surface area (Å²) in [4.78, 5) is 15.0. The van der Waals surface area contributed by atoms with E-state index in [9.17, 15) is 9.90 Å². The van der Waals surface area contributed by atoms with Crippen LogP contribution in [0.1, 0.15) is 36.0 Å². The number of amides is 1. The highest BCUT2D eigenvalue weighted by Crippen LogP contribution is 2.43. The van der Waals surface area contributed by atoms with Crippen LogP contribution >= 0.6 is 15.9 Å². The molecule has 1 saturated heterocycles. The van der Waals surface area contributed by atoms with Crippen molar-refractivity contribution in [3.63, 3.8) is 0 Å². The first-order chi connectivity index (χ1) is 14.0. The molecule has 9 heteroatoms. The molecule has 158 valence electrons. The molecule has 2 heterocycles. The number of nitriles is 1. The van der Waals surface area contributed by atoms with Gasteiger partial charge in [0.2, 0.25) is 0 Å². The number of benzene rings is 1. The summed E-state index contributed by atoms with van der Waals surface area (Å²) in [6.45, 7) is 3.51. The Balaban J connectivity index is 1.54. The van der Waals surface area contributed by atoms with Crippen LogP contribution in [0.15, 0.2) is 10.5 Å². The number of ether oxygens (including phenoxy) is 2. The lowest BCUT2D eigenvalue weighted by Gasteiger charge is -2.36. The number of carbonyl (C=O) groups excluding carboxylic acids is 1. The van der Waals surface area contributed by atoms with E-state index >= 15 is 0 Å². The van der Waals surface area contributed by atoms with Gasteiger partial charge in [-0.05, 0) is 54.3 Å². The molecule has 0 aliphatic carbocycles. The van der Waals surface area contributed by atoms with Crippen LogP contribution in [-0.2, 0) is 0 Å². The molecule has 0 radical (unpaired) electrons. The Morgan fingerprint density at radius 2 is 2.14 bits per heavy atom. The fourth-order valence-electron chi connectivity index (χ4n) is 3.71. The summed E-state index contributed by atoms with van der Waals surface area (Å²) < 4.78 is 11.8. The number of nitrogens with two attached hydrogens (primary N) is 1. The Bertz CT molecular complexity index is 783. The van der Waals surface area contributed by atoms with Crippen molar-refractivity contribution in [1.29, 1.82) is 5.26 Å². The smallest absolute Gasteiger partial charge is 0.255 e. The minimum Gasteiger partial charge on any atom is -0.485 e. The molecule has 0 aromatic heterocycles. The molecule has 1 fully saturated rings. The maximum absolute atomic E-state index is 12.8. The number of nitrogens with zero attached hydrogens (tertiary/aromatic N) is 2. The van der Waals surface area contributed by atoms with Crippen molar-refractivity contribution >= 4 is 27.5 Å². The summed E-state index contributed by atoms with van der Waals surface area (Å²) >= 11 is 3.38. The topological polar surface area (TPSA) is 121 Å². The number of hydrogen-bond donors (Lipinski definition) is 3. The first-order valence-corrected chi connectivity index (χ1v) is 10.7. The molecule has 1 aromatic rings. The Labute approximate surface area is 179 Å². The lowest BCUT2D eigenvalue weighted by Crippen LogP contribution is -2.47. The lowest BCUT2D eigenvalue weighted by molar-refractivity contribution is 0.0216. The standard InChI is InChI=1S/C20H27BrN4O4/c21-17-15(23)10-14(18-19(17)29-9-8-28-18)20(27)24-11-13-4-7-25(12-16(13)26)6-3-1-2-5-22/h10,13,16,26H,1-4,6-9,11-12,23H2,(H,24,27)/t13-,16?/m0/s1. The van der Waals surface area contributed by atoms with E-state index in [1.165, 1.54) is 0 Å². The summed E-state index contributed by atoms with van der Waals surface area (Å²) in [5.41, 5.74) is 6.74. The van der Waals surface area contributed by atoms with E-state index in [2.05, 4.69) is 32.2 Å². The Kier molecular flexibility index (Phi) is 7.58. The maximum atomic E-state index is 12.8. The number of unbranched alkanes of at least 4 members (excludes halogenated alkanes) is 2. The summed E-state index contributed by atoms with van der Waals surface area (Å²) in [5.74, 6) is 0.542. The molecule has 2 aliphatic rings. The summed E-state index contributed by atoms with van der Waals surface area (Å²) in [6, 6.07) is 3.73. The van der Waals surface area contributed by atoms with Gasteiger partial charge in [-0.1, -0.05) is 0 Å². The second kappa shape index (κ2) is 10.1. The highest BCUT2D eigenvalue weighted by molar-refractivity contribution is 9.10. The predicted molar refractivity (Wildman–Crippen MR) is 112 cm³/mol. The van der Waals surface area contributed by atoms with E-state index in [-0.39, 0.29) is 11.8 Å². The van der Waals surface area contributed by atoms with Gasteiger partial charge in [-0.25, -0.2) is 0 Å². The molecule has 0 spiro atoms. The zero-order valence-electron chi connectivity index (χ0n) is 16.3. The number of fused-ring (bicyclic) bond motifs is 1. The van der Waals surface area contributed by atoms with Crippen molar-refractivity contribution in [3.05, 3.63) is 16.1 Å². The number of carbonyl (C=O) groups is 1. The highest BCUT2D eigenvalue weighted by atomic mass is 79.9. The first kappa shape index (κ1) is 21.7. The molecule has 0 bridgehead atoms. The Morgan fingerprint density at radius 3 is 2.86 bits per heavy atom. The molecule has 3 rings (SSSR count). The maximum Gasteiger partial charge on any atom is 0.255 e. The van der Waals surface area contributed by atoms with Gasteiger partial charge in [0.1, 0.15) is 13.2 Å². The van der Waals surface area contributed by atoms with Crippen LogP contribution in [0.5, 0.6) is 11.5 Å². The van der Waals surface area contributed by atoms with Crippen LogP contribution in [-0.4, -0.2) is 61.4 Å². The molecule has 4 N–H and O–H groups in total. The van der Waals surface area contributed by atoms with Gasteiger partial charge in [0, 0.05) is 25.4 Å². The third kappa shape index (κ3) is 5.32. The number of aliphatic hydroxyl groups excluding tert-OH is 1. The molecule has 1 aromatic carbocycles. The number of halogens is 1. The molecule has 2 aliphatic heterocycles. The van der Waals surface area contributed by atoms with Crippen LogP contribution in [0.3, 0.4) is 0 Å². The van der Waals surface area contributed by atoms with Gasteiger partial charge < -0.3 is 30.5 Å². The van der Waals surface area contributed by atoms with Gasteiger partial charge in [-0.15, -0.1) is 0 Å². The van der Waals surface area contributed by atoms with Crippen LogP contribution in [0.4, 0.5) is 5.69 Å².